The van der Waals surface area contributed by atoms with Gasteiger partial charge in [0.25, 0.3) is 0 Å². The van der Waals surface area contributed by atoms with Crippen molar-refractivity contribution in [2.75, 3.05) is 5.09 Å². The van der Waals surface area contributed by atoms with Crippen molar-refractivity contribution in [3.05, 3.63) is 42.5 Å². The first kappa shape index (κ1) is 10.2. The van der Waals surface area contributed by atoms with Gasteiger partial charge in [-0.2, -0.15) is 0 Å². The van der Waals surface area contributed by atoms with E-state index in [9.17, 15) is 0 Å². The summed E-state index contributed by atoms with van der Waals surface area (Å²) in [5.74, 6) is 0. The first-order valence-corrected chi connectivity index (χ1v) is 6.11. The molecule has 4 nitrogen and oxygen atoms in total. The van der Waals surface area contributed by atoms with Gasteiger partial charge in [0.2, 0.25) is 0 Å². The Hall–Kier alpha value is -1.35. The van der Waals surface area contributed by atoms with Crippen LogP contribution in [0.3, 0.4) is 0 Å². The van der Waals surface area contributed by atoms with Crippen LogP contribution in [0.1, 0.15) is 0 Å². The summed E-state index contributed by atoms with van der Waals surface area (Å²) in [6.45, 7) is 0. The van der Waals surface area contributed by atoms with Gasteiger partial charge in [-0.05, 0) is 11.5 Å². The monoisotopic (exact) mass is 222 g/mol. The van der Waals surface area contributed by atoms with Gasteiger partial charge in [-0.25, -0.2) is 0 Å². The molecule has 2 rings (SSSR count). The summed E-state index contributed by atoms with van der Waals surface area (Å²) in [7, 11) is -3.74. The van der Waals surface area contributed by atoms with Gasteiger partial charge in [0.1, 0.15) is 0 Å². The maximum absolute atomic E-state index is 9.05. The summed E-state index contributed by atoms with van der Waals surface area (Å²) in [5.41, 5.74) is 0.571. The highest BCUT2D eigenvalue weighted by atomic mass is 31.2. The van der Waals surface area contributed by atoms with Gasteiger partial charge in [-0.15, -0.1) is 0 Å². The smallest absolute Gasteiger partial charge is 0.306 e. The molecule has 2 aromatic carbocycles. The molecular weight excluding hydrogens is 211 g/mol. The third-order valence-corrected chi connectivity index (χ3v) is 2.62. The van der Waals surface area contributed by atoms with E-state index in [1.54, 1.807) is 12.1 Å². The van der Waals surface area contributed by atoms with Crippen molar-refractivity contribution >= 4 is 24.1 Å². The van der Waals surface area contributed by atoms with E-state index in [1.807, 2.05) is 30.3 Å². The molecule has 5 heteroatoms. The highest BCUT2D eigenvalue weighted by Gasteiger charge is 2.08. The van der Waals surface area contributed by atoms with Crippen LogP contribution in [0.5, 0.6) is 0 Å². The molecule has 0 atom stereocenters. The van der Waals surface area contributed by atoms with Crippen LogP contribution in [0.4, 0.5) is 5.69 Å². The minimum atomic E-state index is -3.74. The van der Waals surface area contributed by atoms with E-state index in [4.69, 9.17) is 14.9 Å². The number of hydrogen-bond acceptors (Lipinski definition) is 1. The second-order valence-electron chi connectivity index (χ2n) is 3.24. The van der Waals surface area contributed by atoms with E-state index in [0.29, 0.717) is 5.69 Å². The summed E-state index contributed by atoms with van der Waals surface area (Å²) in [6.07, 6.45) is 0. The van der Waals surface area contributed by atoms with Crippen LogP contribution in [-0.4, -0.2) is 9.79 Å². The van der Waals surface area contributed by atoms with Crippen LogP contribution in [0.25, 0.3) is 10.8 Å². The lowest BCUT2D eigenvalue weighted by molar-refractivity contribution is 0.469. The Kier molecular flexibility index (Phi) is 2.49. The maximum atomic E-state index is 9.05. The lowest BCUT2D eigenvalue weighted by Gasteiger charge is -2.12. The van der Waals surface area contributed by atoms with E-state index >= 15 is 0 Å². The molecule has 0 heterocycles. The van der Waals surface area contributed by atoms with Crippen LogP contribution < -0.4 is 5.09 Å². The van der Waals surface area contributed by atoms with E-state index in [0.717, 1.165) is 10.8 Å². The van der Waals surface area contributed by atoms with Gasteiger partial charge in [-0.1, -0.05) is 36.4 Å². The molecule has 15 heavy (non-hydrogen) atoms. The van der Waals surface area contributed by atoms with Crippen LogP contribution >= 0.6 is 7.66 Å². The Morgan fingerprint density at radius 1 is 1.00 bits per heavy atom. The van der Waals surface area contributed by atoms with E-state index in [2.05, 4.69) is 5.09 Å². The Labute approximate surface area is 87.3 Å². The summed E-state index contributed by atoms with van der Waals surface area (Å²) in [6, 6.07) is 13.0. The fourth-order valence-corrected chi connectivity index (χ4v) is 2.02. The number of hydrogen-bond donors (Lipinski definition) is 4. The summed E-state index contributed by atoms with van der Waals surface area (Å²) < 4.78 is 0. The summed E-state index contributed by atoms with van der Waals surface area (Å²) in [4.78, 5) is 18.1. The van der Waals surface area contributed by atoms with Crippen molar-refractivity contribution in [2.45, 2.75) is 0 Å². The molecule has 0 aromatic heterocycles. The number of nitrogens with one attached hydrogen (secondary N) is 2. The van der Waals surface area contributed by atoms with Gasteiger partial charge in [-0.3, -0.25) is 5.16 Å². The minimum Gasteiger partial charge on any atom is -0.324 e. The first-order valence-electron chi connectivity index (χ1n) is 4.42. The van der Waals surface area contributed by atoms with Gasteiger partial charge >= 0.3 is 7.66 Å². The molecule has 2 aromatic rings. The van der Waals surface area contributed by atoms with Crippen molar-refractivity contribution in [3.8, 4) is 0 Å². The Balaban J connectivity index is 2.56. The van der Waals surface area contributed by atoms with Crippen molar-refractivity contribution in [2.24, 2.45) is 0 Å². The molecule has 0 bridgehead atoms. The fourth-order valence-electron chi connectivity index (χ4n) is 1.49. The van der Waals surface area contributed by atoms with Crippen molar-refractivity contribution in [3.63, 3.8) is 0 Å². The predicted molar refractivity (Wildman–Crippen MR) is 61.6 cm³/mol. The van der Waals surface area contributed by atoms with Crippen molar-refractivity contribution in [1.82, 2.24) is 0 Å². The van der Waals surface area contributed by atoms with E-state index < -0.39 is 7.66 Å². The minimum absolute atomic E-state index is 0.571. The molecule has 0 amide bonds. The third-order valence-electron chi connectivity index (χ3n) is 2.07. The molecule has 0 aliphatic rings. The Morgan fingerprint density at radius 3 is 2.40 bits per heavy atom. The van der Waals surface area contributed by atoms with E-state index in [-0.39, 0.29) is 0 Å². The van der Waals surface area contributed by atoms with Gasteiger partial charge in [0.05, 0.1) is 0 Å². The number of benzene rings is 2. The fraction of sp³-hybridized carbons (Fsp3) is 0. The molecule has 0 fully saturated rings. The normalized spacial score (nSPS) is 11.6. The lowest BCUT2D eigenvalue weighted by Crippen LogP contribution is -1.94. The van der Waals surface area contributed by atoms with Crippen LogP contribution in [-0.2, 0) is 0 Å². The quantitative estimate of drug-likeness (QED) is 0.590. The van der Waals surface area contributed by atoms with Crippen molar-refractivity contribution < 1.29 is 9.79 Å². The molecule has 0 aliphatic carbocycles. The van der Waals surface area contributed by atoms with Gasteiger partial charge < -0.3 is 14.9 Å². The summed E-state index contributed by atoms with van der Waals surface area (Å²) >= 11 is 0. The average Bonchev–Trinajstić information content (AvgIpc) is 2.16. The second kappa shape index (κ2) is 3.66. The van der Waals surface area contributed by atoms with Crippen LogP contribution in [0.2, 0.25) is 0 Å². The third kappa shape index (κ3) is 2.36. The molecule has 0 spiro atoms. The largest absolute Gasteiger partial charge is 0.324 e. The Bertz CT molecular complexity index is 530. The SMILES string of the molecule is N=P(O)(O)Nc1cccc2ccccc12. The molecule has 0 saturated carbocycles. The van der Waals surface area contributed by atoms with Crippen LogP contribution in [0.15, 0.2) is 42.5 Å². The number of rotatable bonds is 2. The van der Waals surface area contributed by atoms with Crippen molar-refractivity contribution in [1.29, 1.82) is 5.16 Å². The van der Waals surface area contributed by atoms with E-state index in [1.165, 1.54) is 0 Å². The molecule has 0 saturated heterocycles. The molecular formula is C10H11N2O2P. The molecule has 4 N–H and O–H groups in total. The number of anilines is 1. The lowest BCUT2D eigenvalue weighted by atomic mass is 10.1. The van der Waals surface area contributed by atoms with Gasteiger partial charge in [0.15, 0.2) is 0 Å². The highest BCUT2D eigenvalue weighted by Crippen LogP contribution is 2.38. The summed E-state index contributed by atoms with van der Waals surface area (Å²) in [5, 5.41) is 11.3. The number of fused-ring (bicyclic) bond motifs is 1. The molecule has 0 unspecified atom stereocenters. The zero-order valence-corrected chi connectivity index (χ0v) is 8.78. The zero-order chi connectivity index (χ0) is 10.9. The Morgan fingerprint density at radius 2 is 1.67 bits per heavy atom. The van der Waals surface area contributed by atoms with Gasteiger partial charge in [0, 0.05) is 11.1 Å². The second-order valence-corrected chi connectivity index (χ2v) is 4.67. The first-order chi connectivity index (χ1) is 7.06. The molecule has 0 radical (unpaired) electrons. The highest BCUT2D eigenvalue weighted by molar-refractivity contribution is 7.54. The predicted octanol–water partition coefficient (Wildman–Crippen LogP) is 2.76. The average molecular weight is 222 g/mol. The topological polar surface area (TPSA) is 76.3 Å². The zero-order valence-electron chi connectivity index (χ0n) is 7.88. The molecule has 78 valence electrons. The molecule has 0 aliphatic heterocycles. The standard InChI is InChI=1S/C10H11N2O2P/c11-15(13,14)12-10-7-3-5-8-4-1-2-6-9(8)10/h1-7H,(H4,11,12,13,14). The maximum Gasteiger partial charge on any atom is 0.306 e. The van der Waals surface area contributed by atoms with Crippen LogP contribution in [0, 0.1) is 5.16 Å².